The summed E-state index contributed by atoms with van der Waals surface area (Å²) in [7, 11) is 0. The van der Waals surface area contributed by atoms with E-state index in [2.05, 4.69) is 10.6 Å². The minimum Gasteiger partial charge on any atom is -0.370 e. The fourth-order valence-electron chi connectivity index (χ4n) is 2.70. The summed E-state index contributed by atoms with van der Waals surface area (Å²) in [5, 5.41) is 5.72. The lowest BCUT2D eigenvalue weighted by Crippen LogP contribution is -3.15. The Morgan fingerprint density at radius 1 is 0.880 bits per heavy atom. The fourth-order valence-corrected chi connectivity index (χ4v) is 2.70. The van der Waals surface area contributed by atoms with E-state index in [9.17, 15) is 9.59 Å². The van der Waals surface area contributed by atoms with E-state index in [0.717, 1.165) is 18.8 Å². The number of morpholine rings is 1. The average molecular weight is 340 g/mol. The second-order valence-corrected chi connectivity index (χ2v) is 5.98. The highest BCUT2D eigenvalue weighted by Crippen LogP contribution is 2.14. The van der Waals surface area contributed by atoms with Gasteiger partial charge in [0.05, 0.1) is 13.2 Å². The molecule has 6 nitrogen and oxygen atoms in total. The number of ether oxygens (including phenoxy) is 1. The second kappa shape index (κ2) is 8.41. The minimum atomic E-state index is -0.159. The van der Waals surface area contributed by atoms with Crippen LogP contribution in [-0.2, 0) is 9.53 Å². The summed E-state index contributed by atoms with van der Waals surface area (Å²) in [5.74, 6) is -0.175. The standard InChI is InChI=1S/C19H21N3O3/c23-18(14-22-10-12-25-13-11-22)20-16-6-8-17(9-7-16)21-19(24)15-4-2-1-3-5-15/h1-9H,10-14H2,(H,20,23)(H,21,24)/p+1. The van der Waals surface area contributed by atoms with Crippen LogP contribution >= 0.6 is 0 Å². The Hall–Kier alpha value is -2.70. The van der Waals surface area contributed by atoms with Crippen LogP contribution < -0.4 is 15.5 Å². The lowest BCUT2D eigenvalue weighted by Gasteiger charge is -2.23. The third-order valence-electron chi connectivity index (χ3n) is 4.07. The van der Waals surface area contributed by atoms with Crippen molar-refractivity contribution in [2.45, 2.75) is 0 Å². The highest BCUT2D eigenvalue weighted by atomic mass is 16.5. The zero-order chi connectivity index (χ0) is 17.5. The molecule has 0 aromatic heterocycles. The smallest absolute Gasteiger partial charge is 0.279 e. The molecule has 1 aliphatic rings. The van der Waals surface area contributed by atoms with Gasteiger partial charge in [0.25, 0.3) is 11.8 Å². The van der Waals surface area contributed by atoms with Gasteiger partial charge in [-0.1, -0.05) is 18.2 Å². The molecule has 25 heavy (non-hydrogen) atoms. The van der Waals surface area contributed by atoms with Crippen LogP contribution in [0.25, 0.3) is 0 Å². The highest BCUT2D eigenvalue weighted by molar-refractivity contribution is 6.04. The molecule has 2 aromatic rings. The normalized spacial score (nSPS) is 14.7. The van der Waals surface area contributed by atoms with Crippen molar-refractivity contribution in [1.29, 1.82) is 0 Å². The van der Waals surface area contributed by atoms with E-state index in [0.29, 0.717) is 31.0 Å². The van der Waals surface area contributed by atoms with Gasteiger partial charge in [0.15, 0.2) is 6.54 Å². The van der Waals surface area contributed by atoms with Crippen molar-refractivity contribution in [3.8, 4) is 0 Å². The number of hydrogen-bond acceptors (Lipinski definition) is 3. The maximum atomic E-state index is 12.1. The number of amides is 2. The summed E-state index contributed by atoms with van der Waals surface area (Å²) in [5.41, 5.74) is 2.01. The Balaban J connectivity index is 1.51. The van der Waals surface area contributed by atoms with E-state index in [1.54, 1.807) is 36.4 Å². The molecule has 0 aliphatic carbocycles. The Morgan fingerprint density at radius 2 is 1.48 bits per heavy atom. The van der Waals surface area contributed by atoms with Crippen LogP contribution in [0.2, 0.25) is 0 Å². The first-order chi connectivity index (χ1) is 12.2. The molecule has 3 N–H and O–H groups in total. The molecule has 2 aromatic carbocycles. The molecule has 1 aliphatic heterocycles. The van der Waals surface area contributed by atoms with Gasteiger partial charge in [-0.05, 0) is 36.4 Å². The second-order valence-electron chi connectivity index (χ2n) is 5.98. The van der Waals surface area contributed by atoms with Crippen LogP contribution in [-0.4, -0.2) is 44.7 Å². The summed E-state index contributed by atoms with van der Waals surface area (Å²) in [6, 6.07) is 16.2. The number of anilines is 2. The summed E-state index contributed by atoms with van der Waals surface area (Å²) in [6.45, 7) is 3.57. The summed E-state index contributed by atoms with van der Waals surface area (Å²) in [6.07, 6.45) is 0. The molecule has 0 unspecified atom stereocenters. The molecule has 0 saturated carbocycles. The Morgan fingerprint density at radius 3 is 2.12 bits per heavy atom. The first-order valence-corrected chi connectivity index (χ1v) is 8.38. The van der Waals surface area contributed by atoms with Crippen LogP contribution in [0.4, 0.5) is 11.4 Å². The van der Waals surface area contributed by atoms with Gasteiger partial charge in [0.2, 0.25) is 0 Å². The molecular weight excluding hydrogens is 318 g/mol. The zero-order valence-electron chi connectivity index (χ0n) is 14.0. The number of quaternary nitrogens is 1. The van der Waals surface area contributed by atoms with Crippen molar-refractivity contribution in [3.63, 3.8) is 0 Å². The van der Waals surface area contributed by atoms with Crippen molar-refractivity contribution in [2.75, 3.05) is 43.5 Å². The van der Waals surface area contributed by atoms with Gasteiger partial charge in [-0.3, -0.25) is 9.59 Å². The lowest BCUT2D eigenvalue weighted by molar-refractivity contribution is -0.899. The summed E-state index contributed by atoms with van der Waals surface area (Å²) < 4.78 is 5.29. The van der Waals surface area contributed by atoms with E-state index in [1.165, 1.54) is 4.90 Å². The van der Waals surface area contributed by atoms with Crippen molar-refractivity contribution >= 4 is 23.2 Å². The number of rotatable bonds is 5. The van der Waals surface area contributed by atoms with Crippen LogP contribution in [0.5, 0.6) is 0 Å². The van der Waals surface area contributed by atoms with E-state index < -0.39 is 0 Å². The van der Waals surface area contributed by atoms with Gasteiger partial charge in [0.1, 0.15) is 13.1 Å². The van der Waals surface area contributed by atoms with Crippen molar-refractivity contribution < 1.29 is 19.2 Å². The maximum Gasteiger partial charge on any atom is 0.279 e. The number of nitrogens with one attached hydrogen (secondary N) is 3. The van der Waals surface area contributed by atoms with Gasteiger partial charge in [-0.2, -0.15) is 0 Å². The minimum absolute atomic E-state index is 0.0158. The topological polar surface area (TPSA) is 71.9 Å². The number of benzene rings is 2. The largest absolute Gasteiger partial charge is 0.370 e. The lowest BCUT2D eigenvalue weighted by atomic mass is 10.2. The zero-order valence-corrected chi connectivity index (χ0v) is 14.0. The maximum absolute atomic E-state index is 12.1. The quantitative estimate of drug-likeness (QED) is 0.754. The molecule has 6 heteroatoms. The molecule has 0 bridgehead atoms. The van der Waals surface area contributed by atoms with E-state index >= 15 is 0 Å². The summed E-state index contributed by atoms with van der Waals surface area (Å²) in [4.78, 5) is 25.4. The molecule has 130 valence electrons. The van der Waals surface area contributed by atoms with Crippen LogP contribution in [0.3, 0.4) is 0 Å². The Labute approximate surface area is 146 Å². The monoisotopic (exact) mass is 340 g/mol. The van der Waals surface area contributed by atoms with Crippen molar-refractivity contribution in [2.24, 2.45) is 0 Å². The average Bonchev–Trinajstić information content (AvgIpc) is 2.65. The van der Waals surface area contributed by atoms with Gasteiger partial charge in [0, 0.05) is 16.9 Å². The highest BCUT2D eigenvalue weighted by Gasteiger charge is 2.17. The van der Waals surface area contributed by atoms with Crippen LogP contribution in [0, 0.1) is 0 Å². The summed E-state index contributed by atoms with van der Waals surface area (Å²) >= 11 is 0. The predicted molar refractivity (Wildman–Crippen MR) is 95.8 cm³/mol. The molecule has 3 rings (SSSR count). The molecule has 1 heterocycles. The third-order valence-corrected chi connectivity index (χ3v) is 4.07. The van der Waals surface area contributed by atoms with Gasteiger partial charge < -0.3 is 20.3 Å². The van der Waals surface area contributed by atoms with Crippen LogP contribution in [0.1, 0.15) is 10.4 Å². The fraction of sp³-hybridized carbons (Fsp3) is 0.263. The van der Waals surface area contributed by atoms with Gasteiger partial charge >= 0.3 is 0 Å². The first-order valence-electron chi connectivity index (χ1n) is 8.38. The first kappa shape index (κ1) is 17.1. The predicted octanol–water partition coefficient (Wildman–Crippen LogP) is 0.793. The Kier molecular flexibility index (Phi) is 5.77. The molecule has 0 radical (unpaired) electrons. The van der Waals surface area contributed by atoms with Gasteiger partial charge in [-0.25, -0.2) is 0 Å². The molecule has 2 amide bonds. The molecule has 0 atom stereocenters. The molecular formula is C19H22N3O3+. The van der Waals surface area contributed by atoms with Crippen molar-refractivity contribution in [1.82, 2.24) is 0 Å². The SMILES string of the molecule is O=C(C[NH+]1CCOCC1)Nc1ccc(NC(=O)c2ccccc2)cc1. The Bertz CT molecular complexity index is 710. The molecule has 0 spiro atoms. The molecule has 1 saturated heterocycles. The third kappa shape index (κ3) is 5.14. The van der Waals surface area contributed by atoms with Gasteiger partial charge in [-0.15, -0.1) is 0 Å². The van der Waals surface area contributed by atoms with Crippen LogP contribution in [0.15, 0.2) is 54.6 Å². The van der Waals surface area contributed by atoms with E-state index in [-0.39, 0.29) is 11.8 Å². The van der Waals surface area contributed by atoms with Crippen molar-refractivity contribution in [3.05, 3.63) is 60.2 Å². The van der Waals surface area contributed by atoms with E-state index in [1.807, 2.05) is 18.2 Å². The van der Waals surface area contributed by atoms with E-state index in [4.69, 9.17) is 4.74 Å². The number of hydrogen-bond donors (Lipinski definition) is 3. The number of carbonyl (C=O) groups excluding carboxylic acids is 2. The number of carbonyl (C=O) groups is 2. The molecule has 1 fully saturated rings.